The van der Waals surface area contributed by atoms with E-state index in [9.17, 15) is 14.4 Å². The van der Waals surface area contributed by atoms with Crippen LogP contribution in [0.5, 0.6) is 0 Å². The first-order valence-electron chi connectivity index (χ1n) is 12.3. The number of fused-ring (bicyclic) bond motifs is 1. The summed E-state index contributed by atoms with van der Waals surface area (Å²) in [5, 5.41) is 2.88. The number of aromatic amines is 1. The summed E-state index contributed by atoms with van der Waals surface area (Å²) in [5.41, 5.74) is 5.67. The van der Waals surface area contributed by atoms with Crippen molar-refractivity contribution >= 4 is 52.5 Å². The summed E-state index contributed by atoms with van der Waals surface area (Å²) in [4.78, 5) is 43.1. The molecule has 39 heavy (non-hydrogen) atoms. The van der Waals surface area contributed by atoms with Crippen molar-refractivity contribution in [2.75, 3.05) is 10.6 Å². The van der Waals surface area contributed by atoms with E-state index in [1.165, 1.54) is 16.7 Å². The minimum absolute atomic E-state index is 0.0385. The Hall–Kier alpha value is -4.18. The zero-order valence-electron chi connectivity index (χ0n) is 22.8. The molecule has 2 aromatic carbocycles. The summed E-state index contributed by atoms with van der Waals surface area (Å²) in [6.07, 6.45) is 0.165. The Balaban J connectivity index is 2.00. The van der Waals surface area contributed by atoms with Crippen LogP contribution in [-0.2, 0) is 9.47 Å². The quantitative estimate of drug-likeness (QED) is 0.448. The number of nitrogen functional groups attached to an aromatic ring is 1. The number of thioether (sulfide) groups is 1. The van der Waals surface area contributed by atoms with Gasteiger partial charge < -0.3 is 15.2 Å². The average Bonchev–Trinajstić information content (AvgIpc) is 3.11. The third kappa shape index (κ3) is 6.12. The van der Waals surface area contributed by atoms with Gasteiger partial charge in [-0.2, -0.15) is 0 Å². The van der Waals surface area contributed by atoms with Crippen LogP contribution in [0.2, 0.25) is 0 Å². The molecule has 3 N–H and O–H groups in total. The summed E-state index contributed by atoms with van der Waals surface area (Å²) < 4.78 is 11.9. The van der Waals surface area contributed by atoms with Crippen LogP contribution in [-0.4, -0.2) is 33.2 Å². The largest absolute Gasteiger partial charge is 0.443 e. The van der Waals surface area contributed by atoms with Crippen LogP contribution in [0.4, 0.5) is 21.0 Å². The summed E-state index contributed by atoms with van der Waals surface area (Å²) >= 11 is 1.45. The van der Waals surface area contributed by atoms with Crippen LogP contribution in [0.1, 0.15) is 47.1 Å². The van der Waals surface area contributed by atoms with Crippen molar-refractivity contribution in [1.29, 1.82) is 0 Å². The van der Waals surface area contributed by atoms with Crippen molar-refractivity contribution in [2.45, 2.75) is 57.6 Å². The highest BCUT2D eigenvalue weighted by Crippen LogP contribution is 2.44. The molecule has 0 aliphatic carbocycles. The number of aromatic nitrogens is 2. The lowest BCUT2D eigenvalue weighted by atomic mass is 10.0. The Morgan fingerprint density at radius 1 is 0.923 bits per heavy atom. The molecule has 0 bridgehead atoms. The molecule has 1 aromatic heterocycles. The maximum absolute atomic E-state index is 13.6. The number of para-hydroxylation sites is 1. The molecule has 0 radical (unpaired) electrons. The third-order valence-corrected chi connectivity index (χ3v) is 6.47. The van der Waals surface area contributed by atoms with Gasteiger partial charge in [0, 0.05) is 21.1 Å². The standard InChI is InChI=1S/C29H32N4O5S/c1-17-24(25(34)33(31-17)27(36)38-29(5,6)7)22-16-23(39-19-14-12-18(30)13-15-19)20-10-8-9-11-21(20)32(22)26(35)37-28(2,3)4/h8-16,31H,1,30H2,2-7H3. The number of ether oxygens (including phenoxy) is 2. The van der Waals surface area contributed by atoms with Gasteiger partial charge in [-0.25, -0.2) is 14.5 Å². The van der Waals surface area contributed by atoms with Gasteiger partial charge in [0.15, 0.2) is 0 Å². The lowest BCUT2D eigenvalue weighted by molar-refractivity contribution is 0.0507. The van der Waals surface area contributed by atoms with E-state index in [2.05, 4.69) is 11.7 Å². The monoisotopic (exact) mass is 548 g/mol. The normalized spacial score (nSPS) is 14.9. The van der Waals surface area contributed by atoms with Crippen molar-refractivity contribution in [1.82, 2.24) is 9.78 Å². The second-order valence-corrected chi connectivity index (χ2v) is 12.1. The van der Waals surface area contributed by atoms with Crippen molar-refractivity contribution < 1.29 is 19.1 Å². The maximum atomic E-state index is 13.6. The van der Waals surface area contributed by atoms with Crippen molar-refractivity contribution in [2.24, 2.45) is 0 Å². The fraction of sp³-hybridized carbons (Fsp3) is 0.276. The Kier molecular flexibility index (Phi) is 7.27. The Morgan fingerprint density at radius 3 is 2.13 bits per heavy atom. The maximum Gasteiger partial charge on any atom is 0.436 e. The van der Waals surface area contributed by atoms with E-state index in [0.29, 0.717) is 11.4 Å². The van der Waals surface area contributed by atoms with Crippen LogP contribution < -0.4 is 26.8 Å². The number of benzene rings is 2. The Labute approximate surface area is 230 Å². The molecular formula is C29H32N4O5S. The van der Waals surface area contributed by atoms with Gasteiger partial charge in [0.25, 0.3) is 5.56 Å². The minimum atomic E-state index is -0.885. The van der Waals surface area contributed by atoms with E-state index in [-0.39, 0.29) is 16.3 Å². The fourth-order valence-electron chi connectivity index (χ4n) is 3.89. The molecule has 0 fully saturated rings. The smallest absolute Gasteiger partial charge is 0.436 e. The lowest BCUT2D eigenvalue weighted by Gasteiger charge is -2.32. The molecule has 1 aliphatic heterocycles. The van der Waals surface area contributed by atoms with Gasteiger partial charge >= 0.3 is 12.2 Å². The van der Waals surface area contributed by atoms with Crippen LogP contribution >= 0.6 is 11.8 Å². The fourth-order valence-corrected chi connectivity index (χ4v) is 4.87. The van der Waals surface area contributed by atoms with Gasteiger partial charge in [-0.05, 0) is 78.0 Å². The van der Waals surface area contributed by atoms with Gasteiger partial charge in [-0.3, -0.25) is 9.89 Å². The number of H-pyrrole nitrogens is 1. The molecular weight excluding hydrogens is 516 g/mol. The number of carbonyl (C=O) groups is 2. The lowest BCUT2D eigenvalue weighted by Crippen LogP contribution is -2.46. The van der Waals surface area contributed by atoms with Crippen LogP contribution in [0.15, 0.2) is 64.3 Å². The second-order valence-electron chi connectivity index (χ2n) is 11.0. The molecule has 0 saturated heterocycles. The summed E-state index contributed by atoms with van der Waals surface area (Å²) in [5.74, 6) is 0. The molecule has 1 amide bonds. The average molecular weight is 549 g/mol. The molecule has 9 nitrogen and oxygen atoms in total. The van der Waals surface area contributed by atoms with E-state index < -0.39 is 28.9 Å². The summed E-state index contributed by atoms with van der Waals surface area (Å²) in [6.45, 7) is 14.3. The number of hydrogen-bond acceptors (Lipinski definition) is 7. The Morgan fingerprint density at radius 2 is 1.51 bits per heavy atom. The summed E-state index contributed by atoms with van der Waals surface area (Å²) in [6, 6.07) is 14.7. The molecule has 10 heteroatoms. The van der Waals surface area contributed by atoms with Gasteiger partial charge in [-0.1, -0.05) is 36.5 Å². The van der Waals surface area contributed by atoms with E-state index >= 15 is 0 Å². The highest BCUT2D eigenvalue weighted by Gasteiger charge is 2.33. The van der Waals surface area contributed by atoms with Crippen molar-refractivity contribution in [3.05, 3.63) is 81.1 Å². The first kappa shape index (κ1) is 27.8. The molecule has 204 valence electrons. The highest BCUT2D eigenvalue weighted by atomic mass is 32.2. The van der Waals surface area contributed by atoms with E-state index in [0.717, 1.165) is 20.0 Å². The molecule has 0 atom stereocenters. The minimum Gasteiger partial charge on any atom is -0.443 e. The number of amides is 1. The van der Waals surface area contributed by atoms with Gasteiger partial charge in [0.2, 0.25) is 0 Å². The Bertz CT molecular complexity index is 1640. The topological polar surface area (TPSA) is 120 Å². The molecule has 0 unspecified atom stereocenters. The molecule has 1 aliphatic rings. The molecule has 2 heterocycles. The van der Waals surface area contributed by atoms with Gasteiger partial charge in [0.05, 0.1) is 22.0 Å². The van der Waals surface area contributed by atoms with Crippen molar-refractivity contribution in [3.63, 3.8) is 0 Å². The predicted molar refractivity (Wildman–Crippen MR) is 155 cm³/mol. The number of nitrogens with one attached hydrogen (secondary N) is 1. The molecule has 3 aromatic rings. The molecule has 0 saturated carbocycles. The first-order chi connectivity index (χ1) is 18.1. The van der Waals surface area contributed by atoms with Crippen LogP contribution in [0, 0.1) is 0 Å². The number of carbonyl (C=O) groups excluding carboxylic acids is 2. The first-order valence-corrected chi connectivity index (χ1v) is 13.1. The van der Waals surface area contributed by atoms with Crippen molar-refractivity contribution in [3.8, 4) is 0 Å². The number of hydrogen-bond donors (Lipinski definition) is 2. The third-order valence-electron chi connectivity index (χ3n) is 5.40. The second kappa shape index (κ2) is 10.2. The van der Waals surface area contributed by atoms with E-state index in [1.807, 2.05) is 24.3 Å². The predicted octanol–water partition coefficient (Wildman–Crippen LogP) is 4.65. The number of nitrogens with zero attached hydrogens (tertiary/aromatic N) is 2. The summed E-state index contributed by atoms with van der Waals surface area (Å²) in [7, 11) is 0. The van der Waals surface area contributed by atoms with Crippen LogP contribution in [0.25, 0.3) is 17.2 Å². The van der Waals surface area contributed by atoms with Gasteiger partial charge in [-0.15, -0.1) is 4.68 Å². The molecule has 4 rings (SSSR count). The highest BCUT2D eigenvalue weighted by molar-refractivity contribution is 8.08. The SMILES string of the molecule is C=c1[nH]n(C(=O)OC(C)(C)C)c(=O)c1=C1C=C(Sc2ccc(N)cc2)c2ccccc2N1C(=O)OC(C)(C)C. The molecule has 0 spiro atoms. The number of nitrogens with two attached hydrogens (primary N) is 1. The van der Waals surface area contributed by atoms with E-state index in [4.69, 9.17) is 15.2 Å². The number of rotatable bonds is 2. The van der Waals surface area contributed by atoms with Gasteiger partial charge in [0.1, 0.15) is 11.2 Å². The zero-order valence-corrected chi connectivity index (χ0v) is 23.6. The zero-order chi connectivity index (χ0) is 28.7. The van der Waals surface area contributed by atoms with Crippen LogP contribution in [0.3, 0.4) is 0 Å². The van der Waals surface area contributed by atoms with E-state index in [1.54, 1.807) is 71.9 Å². The number of anilines is 2.